The van der Waals surface area contributed by atoms with Crippen LogP contribution in [0.15, 0.2) is 47.4 Å². The maximum atomic E-state index is 12.8. The zero-order chi connectivity index (χ0) is 19.1. The van der Waals surface area contributed by atoms with Gasteiger partial charge in [-0.1, -0.05) is 18.2 Å². The van der Waals surface area contributed by atoms with E-state index in [0.717, 1.165) is 29.4 Å². The van der Waals surface area contributed by atoms with E-state index in [9.17, 15) is 4.79 Å². The van der Waals surface area contributed by atoms with Crippen LogP contribution in [0.5, 0.6) is 11.5 Å². The summed E-state index contributed by atoms with van der Waals surface area (Å²) in [6, 6.07) is 11.6. The number of rotatable bonds is 4. The van der Waals surface area contributed by atoms with Crippen molar-refractivity contribution >= 4 is 21.9 Å². The Morgan fingerprint density at radius 3 is 2.75 bits per heavy atom. The Labute approximate surface area is 160 Å². The highest BCUT2D eigenvalue weighted by Crippen LogP contribution is 2.34. The molecule has 5 rings (SSSR count). The minimum absolute atomic E-state index is 0.231. The lowest BCUT2D eigenvalue weighted by molar-refractivity contribution is 0.172. The van der Waals surface area contributed by atoms with Gasteiger partial charge in [0.05, 0.1) is 11.0 Å². The van der Waals surface area contributed by atoms with Crippen LogP contribution in [0, 0.1) is 0 Å². The fraction of sp³-hybridized carbons (Fsp3) is 0.238. The zero-order valence-electron chi connectivity index (χ0n) is 15.3. The first-order valence-electron chi connectivity index (χ1n) is 9.36. The molecule has 4 aromatic rings. The molecule has 3 N–H and O–H groups in total. The van der Waals surface area contributed by atoms with E-state index in [4.69, 9.17) is 15.2 Å². The molecule has 0 fully saturated rings. The third kappa shape index (κ3) is 2.71. The highest BCUT2D eigenvalue weighted by atomic mass is 16.6. The van der Waals surface area contributed by atoms with Crippen molar-refractivity contribution in [3.8, 4) is 22.8 Å². The summed E-state index contributed by atoms with van der Waals surface area (Å²) in [5.74, 6) is 1.27. The van der Waals surface area contributed by atoms with Crippen LogP contribution in [0.2, 0.25) is 0 Å². The molecule has 0 bridgehead atoms. The number of aryl methyl sites for hydroxylation is 1. The molecule has 0 aliphatic carbocycles. The molecule has 0 saturated heterocycles. The standard InChI is InChI=1S/C21H20N4O3/c22-6-3-7-25-12-14(13-4-1-2-5-17(13)25)20-21(26)24-16-11-19-18(10-15(16)23-20)27-8-9-28-19/h1-2,4-5,10-12H,3,6-9,22H2,(H,24,26). The molecule has 0 atom stereocenters. The maximum absolute atomic E-state index is 12.8. The minimum Gasteiger partial charge on any atom is -0.486 e. The van der Waals surface area contributed by atoms with Gasteiger partial charge in [-0.3, -0.25) is 4.79 Å². The van der Waals surface area contributed by atoms with Gasteiger partial charge in [-0.05, 0) is 19.0 Å². The van der Waals surface area contributed by atoms with Gasteiger partial charge in [0.15, 0.2) is 11.5 Å². The van der Waals surface area contributed by atoms with Crippen LogP contribution in [0.1, 0.15) is 6.42 Å². The van der Waals surface area contributed by atoms with Crippen molar-refractivity contribution in [3.63, 3.8) is 0 Å². The molecular formula is C21H20N4O3. The lowest BCUT2D eigenvalue weighted by atomic mass is 10.1. The van der Waals surface area contributed by atoms with E-state index in [1.165, 1.54) is 0 Å². The molecular weight excluding hydrogens is 356 g/mol. The van der Waals surface area contributed by atoms with Crippen molar-refractivity contribution in [1.82, 2.24) is 14.5 Å². The van der Waals surface area contributed by atoms with Crippen molar-refractivity contribution in [3.05, 3.63) is 52.9 Å². The zero-order valence-corrected chi connectivity index (χ0v) is 15.3. The summed E-state index contributed by atoms with van der Waals surface area (Å²) in [5.41, 5.74) is 9.01. The maximum Gasteiger partial charge on any atom is 0.275 e. The second-order valence-electron chi connectivity index (χ2n) is 6.82. The molecule has 0 radical (unpaired) electrons. The Morgan fingerprint density at radius 1 is 1.14 bits per heavy atom. The molecule has 7 heteroatoms. The van der Waals surface area contributed by atoms with Gasteiger partial charge in [-0.2, -0.15) is 0 Å². The van der Waals surface area contributed by atoms with Gasteiger partial charge >= 0.3 is 0 Å². The number of nitrogens with one attached hydrogen (secondary N) is 1. The van der Waals surface area contributed by atoms with Crippen LogP contribution in [0.4, 0.5) is 0 Å². The fourth-order valence-electron chi connectivity index (χ4n) is 3.69. The number of ether oxygens (including phenoxy) is 2. The topological polar surface area (TPSA) is 95.2 Å². The number of para-hydroxylation sites is 1. The number of fused-ring (bicyclic) bond motifs is 3. The van der Waals surface area contributed by atoms with Crippen molar-refractivity contribution in [2.75, 3.05) is 19.8 Å². The summed E-state index contributed by atoms with van der Waals surface area (Å²) in [4.78, 5) is 20.5. The average Bonchev–Trinajstić information content (AvgIpc) is 3.09. The number of aromatic amines is 1. The average molecular weight is 376 g/mol. The minimum atomic E-state index is -0.231. The Morgan fingerprint density at radius 2 is 1.93 bits per heavy atom. The molecule has 0 amide bonds. The number of hydrogen-bond donors (Lipinski definition) is 2. The molecule has 142 valence electrons. The molecule has 0 saturated carbocycles. The van der Waals surface area contributed by atoms with Gasteiger partial charge in [0.25, 0.3) is 5.56 Å². The largest absolute Gasteiger partial charge is 0.486 e. The third-order valence-corrected chi connectivity index (χ3v) is 5.00. The SMILES string of the molecule is NCCCn1cc(-c2nc3cc4c(cc3[nH]c2=O)OCCO4)c2ccccc21. The molecule has 0 spiro atoms. The predicted octanol–water partition coefficient (Wildman–Crippen LogP) is 2.66. The highest BCUT2D eigenvalue weighted by molar-refractivity contribution is 5.96. The van der Waals surface area contributed by atoms with E-state index in [-0.39, 0.29) is 5.56 Å². The Bertz CT molecular complexity index is 1240. The number of nitrogens with two attached hydrogens (primary N) is 1. The summed E-state index contributed by atoms with van der Waals surface area (Å²) in [6.45, 7) is 2.41. The monoisotopic (exact) mass is 376 g/mol. The summed E-state index contributed by atoms with van der Waals surface area (Å²) in [7, 11) is 0. The van der Waals surface area contributed by atoms with Crippen molar-refractivity contribution < 1.29 is 9.47 Å². The number of hydrogen-bond acceptors (Lipinski definition) is 5. The molecule has 0 unspecified atom stereocenters. The van der Waals surface area contributed by atoms with E-state index in [0.29, 0.717) is 48.0 Å². The van der Waals surface area contributed by atoms with Crippen molar-refractivity contribution in [2.45, 2.75) is 13.0 Å². The van der Waals surface area contributed by atoms with Crippen LogP contribution < -0.4 is 20.8 Å². The van der Waals surface area contributed by atoms with Gasteiger partial charge in [-0.15, -0.1) is 0 Å². The normalized spacial score (nSPS) is 13.3. The lowest BCUT2D eigenvalue weighted by Crippen LogP contribution is -2.16. The van der Waals surface area contributed by atoms with Gasteiger partial charge in [0.1, 0.15) is 18.9 Å². The lowest BCUT2D eigenvalue weighted by Gasteiger charge is -2.18. The molecule has 1 aliphatic rings. The number of H-pyrrole nitrogens is 1. The predicted molar refractivity (Wildman–Crippen MR) is 108 cm³/mol. The van der Waals surface area contributed by atoms with Crippen molar-refractivity contribution in [1.29, 1.82) is 0 Å². The molecule has 28 heavy (non-hydrogen) atoms. The molecule has 1 aliphatic heterocycles. The van der Waals surface area contributed by atoms with Crippen LogP contribution in [0.25, 0.3) is 33.2 Å². The first-order chi connectivity index (χ1) is 13.7. The van der Waals surface area contributed by atoms with E-state index < -0.39 is 0 Å². The first-order valence-corrected chi connectivity index (χ1v) is 9.36. The Hall–Kier alpha value is -3.32. The second-order valence-corrected chi connectivity index (χ2v) is 6.82. The van der Waals surface area contributed by atoms with Gasteiger partial charge in [-0.25, -0.2) is 4.98 Å². The van der Waals surface area contributed by atoms with Crippen LogP contribution in [0.3, 0.4) is 0 Å². The van der Waals surface area contributed by atoms with E-state index in [1.807, 2.05) is 36.5 Å². The molecule has 3 heterocycles. The Balaban J connectivity index is 1.70. The fourth-order valence-corrected chi connectivity index (χ4v) is 3.69. The van der Waals surface area contributed by atoms with Crippen LogP contribution in [-0.4, -0.2) is 34.3 Å². The first kappa shape index (κ1) is 16.8. The van der Waals surface area contributed by atoms with Crippen LogP contribution >= 0.6 is 0 Å². The highest BCUT2D eigenvalue weighted by Gasteiger charge is 2.18. The summed E-state index contributed by atoms with van der Waals surface area (Å²) in [6.07, 6.45) is 2.85. The summed E-state index contributed by atoms with van der Waals surface area (Å²) >= 11 is 0. The summed E-state index contributed by atoms with van der Waals surface area (Å²) < 4.78 is 13.4. The van der Waals surface area contributed by atoms with E-state index in [2.05, 4.69) is 14.5 Å². The third-order valence-electron chi connectivity index (χ3n) is 5.00. The molecule has 2 aromatic carbocycles. The van der Waals surface area contributed by atoms with Gasteiger partial charge < -0.3 is 24.8 Å². The van der Waals surface area contributed by atoms with E-state index >= 15 is 0 Å². The number of nitrogens with zero attached hydrogens (tertiary/aromatic N) is 2. The molecule has 7 nitrogen and oxygen atoms in total. The van der Waals surface area contributed by atoms with E-state index in [1.54, 1.807) is 6.07 Å². The molecule has 2 aromatic heterocycles. The van der Waals surface area contributed by atoms with Crippen molar-refractivity contribution in [2.24, 2.45) is 5.73 Å². The second kappa shape index (κ2) is 6.69. The van der Waals surface area contributed by atoms with Crippen LogP contribution in [-0.2, 0) is 6.54 Å². The smallest absolute Gasteiger partial charge is 0.275 e. The van der Waals surface area contributed by atoms with Gasteiger partial charge in [0, 0.05) is 41.3 Å². The quantitative estimate of drug-likeness (QED) is 0.571. The number of aromatic nitrogens is 3. The number of benzene rings is 2. The summed E-state index contributed by atoms with van der Waals surface area (Å²) in [5, 5.41) is 0.995. The Kier molecular flexibility index (Phi) is 4.02. The van der Waals surface area contributed by atoms with Gasteiger partial charge in [0.2, 0.25) is 0 Å².